The van der Waals surface area contributed by atoms with Gasteiger partial charge < -0.3 is 9.52 Å². The van der Waals surface area contributed by atoms with Crippen molar-refractivity contribution in [3.63, 3.8) is 0 Å². The molecule has 1 aliphatic heterocycles. The molecule has 2 aromatic heterocycles. The summed E-state index contributed by atoms with van der Waals surface area (Å²) in [6.45, 7) is 9.26. The zero-order chi connectivity index (χ0) is 16.2. The van der Waals surface area contributed by atoms with Crippen LogP contribution in [0.2, 0.25) is 0 Å². The van der Waals surface area contributed by atoms with E-state index in [4.69, 9.17) is 4.42 Å². The summed E-state index contributed by atoms with van der Waals surface area (Å²) in [5.41, 5.74) is 2.09. The third-order valence-corrected chi connectivity index (χ3v) is 5.32. The van der Waals surface area contributed by atoms with Gasteiger partial charge in [0.1, 0.15) is 5.76 Å². The largest absolute Gasteiger partial charge is 0.441 e. The Morgan fingerprint density at radius 2 is 2.13 bits per heavy atom. The Morgan fingerprint density at radius 1 is 1.35 bits per heavy atom. The van der Waals surface area contributed by atoms with Crippen LogP contribution in [0.25, 0.3) is 11.5 Å². The maximum atomic E-state index is 9.43. The van der Waals surface area contributed by atoms with Gasteiger partial charge in [0, 0.05) is 49.7 Å². The number of aliphatic hydroxyl groups excluding tert-OH is 1. The van der Waals surface area contributed by atoms with E-state index in [0.29, 0.717) is 6.04 Å². The maximum absolute atomic E-state index is 9.43. The smallest absolute Gasteiger partial charge is 0.227 e. The molecule has 1 unspecified atom stereocenters. The molecule has 0 aromatic carbocycles. The number of hydrogen-bond acceptors (Lipinski definition) is 6. The van der Waals surface area contributed by atoms with Crippen LogP contribution in [0.4, 0.5) is 0 Å². The SMILES string of the molecule is CCC(CO)N1CCN(Cc2nc(-c3ccsc3)oc2C)CC1. The minimum Gasteiger partial charge on any atom is -0.441 e. The van der Waals surface area contributed by atoms with Crippen molar-refractivity contribution < 1.29 is 9.52 Å². The normalized spacial score (nSPS) is 18.4. The fourth-order valence-electron chi connectivity index (χ4n) is 3.09. The van der Waals surface area contributed by atoms with Crippen molar-refractivity contribution in [2.75, 3.05) is 32.8 Å². The summed E-state index contributed by atoms with van der Waals surface area (Å²) in [5.74, 6) is 1.64. The van der Waals surface area contributed by atoms with Crippen LogP contribution in [-0.4, -0.2) is 58.7 Å². The van der Waals surface area contributed by atoms with Crippen molar-refractivity contribution >= 4 is 11.3 Å². The Bertz CT molecular complexity index is 599. The van der Waals surface area contributed by atoms with Gasteiger partial charge in [-0.1, -0.05) is 6.92 Å². The summed E-state index contributed by atoms with van der Waals surface area (Å²) in [7, 11) is 0. The number of hydrogen-bond donors (Lipinski definition) is 1. The van der Waals surface area contributed by atoms with Gasteiger partial charge in [-0.3, -0.25) is 9.80 Å². The first-order valence-corrected chi connectivity index (χ1v) is 9.21. The van der Waals surface area contributed by atoms with E-state index in [9.17, 15) is 5.11 Å². The zero-order valence-corrected chi connectivity index (χ0v) is 14.7. The molecule has 2 aromatic rings. The minimum atomic E-state index is 0.253. The third kappa shape index (κ3) is 3.83. The van der Waals surface area contributed by atoms with E-state index in [-0.39, 0.29) is 6.61 Å². The molecule has 1 N–H and O–H groups in total. The number of aliphatic hydroxyl groups is 1. The molecule has 5 nitrogen and oxygen atoms in total. The van der Waals surface area contributed by atoms with Crippen LogP contribution < -0.4 is 0 Å². The second-order valence-electron chi connectivity index (χ2n) is 6.09. The molecule has 1 fully saturated rings. The number of aryl methyl sites for hydroxylation is 1. The van der Waals surface area contributed by atoms with E-state index < -0.39 is 0 Å². The monoisotopic (exact) mass is 335 g/mol. The molecule has 3 rings (SSSR count). The van der Waals surface area contributed by atoms with Crippen LogP contribution in [0.1, 0.15) is 24.8 Å². The number of piperazine rings is 1. The fourth-order valence-corrected chi connectivity index (χ4v) is 3.72. The van der Waals surface area contributed by atoms with Crippen molar-refractivity contribution in [2.24, 2.45) is 0 Å². The molecule has 0 amide bonds. The molecular formula is C17H25N3O2S. The Balaban J connectivity index is 1.59. The number of rotatable bonds is 6. The van der Waals surface area contributed by atoms with E-state index in [1.165, 1.54) is 0 Å². The topological polar surface area (TPSA) is 52.7 Å². The fraction of sp³-hybridized carbons (Fsp3) is 0.588. The highest BCUT2D eigenvalue weighted by atomic mass is 32.1. The van der Waals surface area contributed by atoms with Crippen molar-refractivity contribution in [3.05, 3.63) is 28.3 Å². The zero-order valence-electron chi connectivity index (χ0n) is 13.9. The second-order valence-corrected chi connectivity index (χ2v) is 6.87. The predicted octanol–water partition coefficient (Wildman–Crippen LogP) is 2.60. The van der Waals surface area contributed by atoms with Gasteiger partial charge in [0.25, 0.3) is 0 Å². The summed E-state index contributed by atoms with van der Waals surface area (Å²) >= 11 is 1.66. The van der Waals surface area contributed by atoms with Gasteiger partial charge in [-0.05, 0) is 24.8 Å². The molecule has 0 bridgehead atoms. The molecule has 23 heavy (non-hydrogen) atoms. The van der Waals surface area contributed by atoms with Gasteiger partial charge in [-0.2, -0.15) is 11.3 Å². The summed E-state index contributed by atoms with van der Waals surface area (Å²) in [6, 6.07) is 2.34. The van der Waals surface area contributed by atoms with Crippen molar-refractivity contribution in [1.29, 1.82) is 0 Å². The predicted molar refractivity (Wildman–Crippen MR) is 92.6 cm³/mol. The summed E-state index contributed by atoms with van der Waals surface area (Å²) in [6.07, 6.45) is 1.00. The van der Waals surface area contributed by atoms with E-state index in [2.05, 4.69) is 27.1 Å². The summed E-state index contributed by atoms with van der Waals surface area (Å²) < 4.78 is 5.82. The molecule has 1 saturated heterocycles. The molecule has 1 aliphatic rings. The molecule has 0 saturated carbocycles. The highest BCUT2D eigenvalue weighted by Gasteiger charge is 2.23. The maximum Gasteiger partial charge on any atom is 0.227 e. The molecule has 0 aliphatic carbocycles. The summed E-state index contributed by atoms with van der Waals surface area (Å²) in [5, 5.41) is 13.5. The molecule has 3 heterocycles. The third-order valence-electron chi connectivity index (χ3n) is 4.64. The van der Waals surface area contributed by atoms with Crippen LogP contribution in [0, 0.1) is 6.92 Å². The quantitative estimate of drug-likeness (QED) is 0.879. The van der Waals surface area contributed by atoms with Gasteiger partial charge in [-0.15, -0.1) is 0 Å². The lowest BCUT2D eigenvalue weighted by Crippen LogP contribution is -2.50. The second kappa shape index (κ2) is 7.57. The lowest BCUT2D eigenvalue weighted by molar-refractivity contribution is 0.0603. The molecule has 1 atom stereocenters. The van der Waals surface area contributed by atoms with E-state index in [0.717, 1.165) is 62.1 Å². The molecular weight excluding hydrogens is 310 g/mol. The molecule has 0 spiro atoms. The van der Waals surface area contributed by atoms with Gasteiger partial charge in [0.2, 0.25) is 5.89 Å². The molecule has 0 radical (unpaired) electrons. The Kier molecular flexibility index (Phi) is 5.48. The number of nitrogens with zero attached hydrogens (tertiary/aromatic N) is 3. The lowest BCUT2D eigenvalue weighted by atomic mass is 10.1. The van der Waals surface area contributed by atoms with Crippen LogP contribution >= 0.6 is 11.3 Å². The highest BCUT2D eigenvalue weighted by molar-refractivity contribution is 7.08. The number of aromatic nitrogens is 1. The van der Waals surface area contributed by atoms with Crippen molar-refractivity contribution in [2.45, 2.75) is 32.9 Å². The Morgan fingerprint density at radius 3 is 2.74 bits per heavy atom. The number of oxazole rings is 1. The highest BCUT2D eigenvalue weighted by Crippen LogP contribution is 2.24. The van der Waals surface area contributed by atoms with Crippen LogP contribution in [0.3, 0.4) is 0 Å². The average molecular weight is 335 g/mol. The summed E-state index contributed by atoms with van der Waals surface area (Å²) in [4.78, 5) is 9.49. The van der Waals surface area contributed by atoms with Crippen molar-refractivity contribution in [1.82, 2.24) is 14.8 Å². The average Bonchev–Trinajstić information content (AvgIpc) is 3.21. The van der Waals surface area contributed by atoms with E-state index >= 15 is 0 Å². The van der Waals surface area contributed by atoms with E-state index in [1.807, 2.05) is 18.4 Å². The Labute approximate surface area is 141 Å². The van der Waals surface area contributed by atoms with E-state index in [1.54, 1.807) is 11.3 Å². The minimum absolute atomic E-state index is 0.253. The first kappa shape index (κ1) is 16.6. The van der Waals surface area contributed by atoms with Crippen LogP contribution in [0.5, 0.6) is 0 Å². The van der Waals surface area contributed by atoms with Gasteiger partial charge >= 0.3 is 0 Å². The van der Waals surface area contributed by atoms with Crippen LogP contribution in [-0.2, 0) is 6.54 Å². The first-order valence-electron chi connectivity index (χ1n) is 8.27. The van der Waals surface area contributed by atoms with Gasteiger partial charge in [-0.25, -0.2) is 4.98 Å². The molecule has 6 heteroatoms. The first-order chi connectivity index (χ1) is 11.2. The Hall–Kier alpha value is -1.21. The van der Waals surface area contributed by atoms with Gasteiger partial charge in [0.15, 0.2) is 0 Å². The molecule has 126 valence electrons. The number of thiophene rings is 1. The van der Waals surface area contributed by atoms with Gasteiger partial charge in [0.05, 0.1) is 12.3 Å². The van der Waals surface area contributed by atoms with Crippen molar-refractivity contribution in [3.8, 4) is 11.5 Å². The van der Waals surface area contributed by atoms with Crippen LogP contribution in [0.15, 0.2) is 21.2 Å². The lowest BCUT2D eigenvalue weighted by Gasteiger charge is -2.38. The standard InChI is InChI=1S/C17H25N3O2S/c1-3-15(11-21)20-7-5-19(6-8-20)10-16-13(2)22-17(18-16)14-4-9-23-12-14/h4,9,12,15,21H,3,5-8,10-11H2,1-2H3.